The second-order valence-electron chi connectivity index (χ2n) is 5.46. The summed E-state index contributed by atoms with van der Waals surface area (Å²) in [5.41, 5.74) is -0.00542. The number of hydrogen-bond acceptors (Lipinski definition) is 3. The van der Waals surface area contributed by atoms with Crippen LogP contribution in [0.1, 0.15) is 19.8 Å². The summed E-state index contributed by atoms with van der Waals surface area (Å²) in [6.45, 7) is 4.37. The van der Waals surface area contributed by atoms with Gasteiger partial charge < -0.3 is 5.32 Å². The zero-order chi connectivity index (χ0) is 14.8. The molecule has 1 saturated heterocycles. The lowest BCUT2D eigenvalue weighted by molar-refractivity contribution is 0.232. The van der Waals surface area contributed by atoms with E-state index in [-0.39, 0.29) is 15.3 Å². The van der Waals surface area contributed by atoms with Crippen molar-refractivity contribution in [2.45, 2.75) is 24.7 Å². The maximum atomic E-state index is 12.3. The summed E-state index contributed by atoms with van der Waals surface area (Å²) in [6.07, 6.45) is 1.91. The molecule has 0 atom stereocenters. The molecule has 0 aliphatic carbocycles. The molecule has 20 heavy (non-hydrogen) atoms. The fourth-order valence-electron chi connectivity index (χ4n) is 2.20. The molecule has 2 N–H and O–H groups in total. The Bertz CT molecular complexity index is 584. The molecule has 0 bridgehead atoms. The van der Waals surface area contributed by atoms with Crippen molar-refractivity contribution in [3.63, 3.8) is 0 Å². The van der Waals surface area contributed by atoms with Crippen LogP contribution < -0.4 is 10.0 Å². The van der Waals surface area contributed by atoms with Crippen LogP contribution in [0.4, 0.5) is 0 Å². The van der Waals surface area contributed by atoms with Gasteiger partial charge in [0.1, 0.15) is 0 Å². The van der Waals surface area contributed by atoms with Crippen LogP contribution in [0, 0.1) is 5.41 Å². The van der Waals surface area contributed by atoms with Gasteiger partial charge in [-0.15, -0.1) is 0 Å². The van der Waals surface area contributed by atoms with E-state index in [1.165, 1.54) is 18.2 Å². The second-order valence-corrected chi connectivity index (χ2v) is 8.04. The van der Waals surface area contributed by atoms with Gasteiger partial charge in [0.25, 0.3) is 0 Å². The molecule has 0 saturated carbocycles. The summed E-state index contributed by atoms with van der Waals surface area (Å²) in [5.74, 6) is 0. The number of halogens is 2. The Morgan fingerprint density at radius 2 is 1.90 bits per heavy atom. The third-order valence-corrected chi connectivity index (χ3v) is 5.84. The second kappa shape index (κ2) is 6.20. The predicted octanol–water partition coefficient (Wildman–Crippen LogP) is 2.66. The minimum atomic E-state index is -3.55. The van der Waals surface area contributed by atoms with Crippen LogP contribution in [0.2, 0.25) is 10.0 Å². The molecule has 0 amide bonds. The lowest BCUT2D eigenvalue weighted by Gasteiger charge is -2.34. The van der Waals surface area contributed by atoms with Gasteiger partial charge in [-0.1, -0.05) is 30.1 Å². The third-order valence-electron chi connectivity index (χ3n) is 3.70. The van der Waals surface area contributed by atoms with Gasteiger partial charge in [-0.2, -0.15) is 0 Å². The number of sulfonamides is 1. The number of rotatable bonds is 4. The van der Waals surface area contributed by atoms with Crippen LogP contribution in [0.25, 0.3) is 0 Å². The molecule has 1 fully saturated rings. The molecule has 0 spiro atoms. The molecule has 4 nitrogen and oxygen atoms in total. The lowest BCUT2D eigenvalue weighted by Crippen LogP contribution is -2.42. The summed E-state index contributed by atoms with van der Waals surface area (Å²) in [7, 11) is -3.55. The first-order valence-corrected chi connectivity index (χ1v) is 8.72. The van der Waals surface area contributed by atoms with Crippen LogP contribution in [-0.2, 0) is 10.0 Å². The van der Waals surface area contributed by atoms with E-state index in [0.29, 0.717) is 11.6 Å². The highest BCUT2D eigenvalue weighted by Gasteiger charge is 2.28. The van der Waals surface area contributed by atoms with E-state index in [4.69, 9.17) is 23.2 Å². The maximum absolute atomic E-state index is 12.3. The number of nitrogens with one attached hydrogen (secondary N) is 2. The fourth-order valence-corrected chi connectivity index (χ4v) is 3.79. The van der Waals surface area contributed by atoms with Crippen LogP contribution in [-0.4, -0.2) is 28.1 Å². The van der Waals surface area contributed by atoms with Crippen molar-refractivity contribution >= 4 is 33.2 Å². The van der Waals surface area contributed by atoms with Crippen molar-refractivity contribution in [3.05, 3.63) is 28.2 Å². The van der Waals surface area contributed by atoms with Crippen LogP contribution in [0.3, 0.4) is 0 Å². The molecule has 2 rings (SSSR count). The van der Waals surface area contributed by atoms with Gasteiger partial charge in [0.2, 0.25) is 10.0 Å². The summed E-state index contributed by atoms with van der Waals surface area (Å²) in [4.78, 5) is 0.143. The van der Waals surface area contributed by atoms with Crippen molar-refractivity contribution in [3.8, 4) is 0 Å². The smallest absolute Gasteiger partial charge is 0.240 e. The largest absolute Gasteiger partial charge is 0.317 e. The Hall–Kier alpha value is -0.330. The average molecular weight is 337 g/mol. The van der Waals surface area contributed by atoms with E-state index in [9.17, 15) is 8.42 Å². The molecule has 112 valence electrons. The fraction of sp³-hybridized carbons (Fsp3) is 0.538. The summed E-state index contributed by atoms with van der Waals surface area (Å²) >= 11 is 11.7. The first-order valence-electron chi connectivity index (χ1n) is 6.48. The molecular formula is C13H18Cl2N2O2S. The van der Waals surface area contributed by atoms with Gasteiger partial charge in [0, 0.05) is 6.54 Å². The molecule has 0 aromatic heterocycles. The standard InChI is InChI=1S/C13H18Cl2N2O2S/c1-13(4-6-16-7-5-13)9-17-20(18,19)10-2-3-11(14)12(15)8-10/h2-3,8,16-17H,4-7,9H2,1H3. The minimum absolute atomic E-state index is 0.00542. The SMILES string of the molecule is CC1(CNS(=O)(=O)c2ccc(Cl)c(Cl)c2)CCNCC1. The first kappa shape index (κ1) is 16.0. The maximum Gasteiger partial charge on any atom is 0.240 e. The zero-order valence-corrected chi connectivity index (χ0v) is 13.6. The zero-order valence-electron chi connectivity index (χ0n) is 11.2. The highest BCUT2D eigenvalue weighted by Crippen LogP contribution is 2.28. The molecule has 1 aromatic carbocycles. The van der Waals surface area contributed by atoms with Crippen LogP contribution >= 0.6 is 23.2 Å². The van der Waals surface area contributed by atoms with Gasteiger partial charge in [-0.3, -0.25) is 0 Å². The highest BCUT2D eigenvalue weighted by atomic mass is 35.5. The van der Waals surface area contributed by atoms with E-state index < -0.39 is 10.0 Å². The lowest BCUT2D eigenvalue weighted by atomic mass is 9.81. The quantitative estimate of drug-likeness (QED) is 0.888. The van der Waals surface area contributed by atoms with Crippen LogP contribution in [0.5, 0.6) is 0 Å². The third kappa shape index (κ3) is 3.86. The van der Waals surface area contributed by atoms with Gasteiger partial charge in [0.15, 0.2) is 0 Å². The Morgan fingerprint density at radius 3 is 2.50 bits per heavy atom. The minimum Gasteiger partial charge on any atom is -0.317 e. The highest BCUT2D eigenvalue weighted by molar-refractivity contribution is 7.89. The summed E-state index contributed by atoms with van der Waals surface area (Å²) in [6, 6.07) is 4.32. The van der Waals surface area contributed by atoms with Gasteiger partial charge in [0.05, 0.1) is 14.9 Å². The number of benzene rings is 1. The number of piperidine rings is 1. The van der Waals surface area contributed by atoms with Crippen molar-refractivity contribution in [2.24, 2.45) is 5.41 Å². The van der Waals surface area contributed by atoms with Crippen LogP contribution in [0.15, 0.2) is 23.1 Å². The van der Waals surface area contributed by atoms with E-state index in [1.807, 2.05) is 0 Å². The average Bonchev–Trinajstić information content (AvgIpc) is 2.41. The topological polar surface area (TPSA) is 58.2 Å². The van der Waals surface area contributed by atoms with E-state index in [0.717, 1.165) is 25.9 Å². The molecule has 1 aliphatic heterocycles. The Balaban J connectivity index is 2.09. The van der Waals surface area contributed by atoms with Gasteiger partial charge in [-0.25, -0.2) is 13.1 Å². The number of hydrogen-bond donors (Lipinski definition) is 2. The van der Waals surface area contributed by atoms with Crippen molar-refractivity contribution in [1.29, 1.82) is 0 Å². The van der Waals surface area contributed by atoms with Crippen molar-refractivity contribution < 1.29 is 8.42 Å². The summed E-state index contributed by atoms with van der Waals surface area (Å²) in [5, 5.41) is 3.86. The summed E-state index contributed by atoms with van der Waals surface area (Å²) < 4.78 is 27.2. The van der Waals surface area contributed by atoms with Gasteiger partial charge in [-0.05, 0) is 49.5 Å². The molecule has 0 unspecified atom stereocenters. The molecule has 1 aliphatic rings. The Kier molecular flexibility index (Phi) is 4.97. The Morgan fingerprint density at radius 1 is 1.25 bits per heavy atom. The molecule has 7 heteroatoms. The van der Waals surface area contributed by atoms with E-state index in [1.54, 1.807) is 0 Å². The van der Waals surface area contributed by atoms with Gasteiger partial charge >= 0.3 is 0 Å². The molecule has 1 heterocycles. The molecule has 0 radical (unpaired) electrons. The Labute approximate surface area is 129 Å². The van der Waals surface area contributed by atoms with Crippen molar-refractivity contribution in [1.82, 2.24) is 10.0 Å². The van der Waals surface area contributed by atoms with E-state index >= 15 is 0 Å². The normalized spacial score (nSPS) is 18.9. The predicted molar refractivity (Wildman–Crippen MR) is 81.9 cm³/mol. The molecular weight excluding hydrogens is 319 g/mol. The van der Waals surface area contributed by atoms with E-state index in [2.05, 4.69) is 17.0 Å². The monoisotopic (exact) mass is 336 g/mol. The molecule has 1 aromatic rings. The first-order chi connectivity index (χ1) is 9.32. The van der Waals surface area contributed by atoms with Crippen molar-refractivity contribution in [2.75, 3.05) is 19.6 Å².